The third-order valence-electron chi connectivity index (χ3n) is 6.33. The fourth-order valence-corrected chi connectivity index (χ4v) is 5.64. The molecule has 4 heteroatoms. The average molecular weight is 289 g/mol. The molecule has 0 radical (unpaired) electrons. The van der Waals surface area contributed by atoms with Crippen molar-refractivity contribution >= 4 is 0 Å². The van der Waals surface area contributed by atoms with E-state index in [0.29, 0.717) is 12.5 Å². The molecule has 1 aromatic heterocycles. The number of aromatic nitrogens is 2. The lowest BCUT2D eigenvalue weighted by molar-refractivity contribution is -0.0103. The summed E-state index contributed by atoms with van der Waals surface area (Å²) >= 11 is 0. The van der Waals surface area contributed by atoms with Crippen molar-refractivity contribution in [2.75, 3.05) is 6.54 Å². The molecule has 1 atom stereocenters. The van der Waals surface area contributed by atoms with Crippen LogP contribution < -0.4 is 5.73 Å². The lowest BCUT2D eigenvalue weighted by Crippen LogP contribution is -2.49. The zero-order chi connectivity index (χ0) is 14.6. The zero-order valence-corrected chi connectivity index (χ0v) is 13.2. The first-order valence-corrected chi connectivity index (χ1v) is 8.64. The first kappa shape index (κ1) is 13.7. The van der Waals surface area contributed by atoms with Crippen molar-refractivity contribution in [3.63, 3.8) is 0 Å². The van der Waals surface area contributed by atoms with Crippen molar-refractivity contribution in [1.29, 1.82) is 0 Å². The monoisotopic (exact) mass is 289 g/mol. The summed E-state index contributed by atoms with van der Waals surface area (Å²) in [6.07, 6.45) is 8.19. The lowest BCUT2D eigenvalue weighted by atomic mass is 9.49. The summed E-state index contributed by atoms with van der Waals surface area (Å²) in [6.45, 7) is 4.93. The van der Waals surface area contributed by atoms with Crippen molar-refractivity contribution in [3.05, 3.63) is 11.7 Å². The molecule has 4 aliphatic carbocycles. The van der Waals surface area contributed by atoms with Gasteiger partial charge in [-0.15, -0.1) is 0 Å². The molecule has 4 bridgehead atoms. The van der Waals surface area contributed by atoms with Crippen molar-refractivity contribution in [2.24, 2.45) is 29.4 Å². The van der Waals surface area contributed by atoms with E-state index in [0.717, 1.165) is 29.5 Å². The molecule has 1 aromatic rings. The molecule has 1 heterocycles. The van der Waals surface area contributed by atoms with Gasteiger partial charge in [-0.05, 0) is 62.2 Å². The maximum atomic E-state index is 5.89. The van der Waals surface area contributed by atoms with E-state index < -0.39 is 0 Å². The Hall–Kier alpha value is -0.900. The first-order chi connectivity index (χ1) is 10.1. The Balaban J connectivity index is 1.63. The van der Waals surface area contributed by atoms with Crippen LogP contribution in [-0.4, -0.2) is 16.7 Å². The maximum Gasteiger partial charge on any atom is 0.231 e. The minimum Gasteiger partial charge on any atom is -0.339 e. The van der Waals surface area contributed by atoms with E-state index in [4.69, 9.17) is 15.2 Å². The molecule has 0 spiro atoms. The van der Waals surface area contributed by atoms with Gasteiger partial charge in [0.1, 0.15) is 0 Å². The van der Waals surface area contributed by atoms with Gasteiger partial charge in [-0.1, -0.05) is 19.0 Å². The summed E-state index contributed by atoms with van der Waals surface area (Å²) in [4.78, 5) is 4.83. The number of nitrogens with zero attached hydrogens (tertiary/aromatic N) is 2. The van der Waals surface area contributed by atoms with Crippen molar-refractivity contribution < 1.29 is 4.52 Å². The van der Waals surface area contributed by atoms with Gasteiger partial charge in [-0.2, -0.15) is 4.98 Å². The van der Waals surface area contributed by atoms with Crippen LogP contribution in [0.15, 0.2) is 4.52 Å². The van der Waals surface area contributed by atoms with E-state index in [-0.39, 0.29) is 11.3 Å². The topological polar surface area (TPSA) is 64.9 Å². The summed E-state index contributed by atoms with van der Waals surface area (Å²) in [5, 5.41) is 4.42. The Bertz CT molecular complexity index is 487. The summed E-state index contributed by atoms with van der Waals surface area (Å²) in [5.41, 5.74) is 6.12. The molecule has 0 saturated heterocycles. The molecule has 4 aliphatic rings. The van der Waals surface area contributed by atoms with Gasteiger partial charge in [0.25, 0.3) is 0 Å². The first-order valence-electron chi connectivity index (χ1n) is 8.64. The predicted molar refractivity (Wildman–Crippen MR) is 80.8 cm³/mol. The highest BCUT2D eigenvalue weighted by Crippen LogP contribution is 2.60. The number of hydrogen-bond donors (Lipinski definition) is 1. The molecule has 0 aromatic carbocycles. The summed E-state index contributed by atoms with van der Waals surface area (Å²) < 4.78 is 5.63. The molecule has 5 rings (SSSR count). The van der Waals surface area contributed by atoms with E-state index in [9.17, 15) is 0 Å². The Kier molecular flexibility index (Phi) is 3.14. The van der Waals surface area contributed by atoms with Crippen LogP contribution in [-0.2, 0) is 5.41 Å². The van der Waals surface area contributed by atoms with E-state index in [1.807, 2.05) is 0 Å². The van der Waals surface area contributed by atoms with Gasteiger partial charge in [-0.3, -0.25) is 0 Å². The minimum atomic E-state index is 0.195. The molecule has 21 heavy (non-hydrogen) atoms. The standard InChI is InChI=1S/C17H27N3O/c1-10(2)14(9-18)15-19-16(20-21-15)17-6-11-3-12(7-17)5-13(4-11)8-17/h10-14H,3-9,18H2,1-2H3. The zero-order valence-electron chi connectivity index (χ0n) is 13.2. The molecule has 1 unspecified atom stereocenters. The van der Waals surface area contributed by atoms with E-state index in [2.05, 4.69) is 19.0 Å². The summed E-state index contributed by atoms with van der Waals surface area (Å²) in [5.74, 6) is 5.13. The SMILES string of the molecule is CC(C)C(CN)c1nc(C23CC4CC(CC(C4)C2)C3)no1. The molecular formula is C17H27N3O. The quantitative estimate of drug-likeness (QED) is 0.924. The molecule has 0 aliphatic heterocycles. The average Bonchev–Trinajstić information content (AvgIpc) is 2.87. The van der Waals surface area contributed by atoms with Crippen LogP contribution in [0.5, 0.6) is 0 Å². The van der Waals surface area contributed by atoms with Gasteiger partial charge in [-0.25, -0.2) is 0 Å². The second-order valence-electron chi connectivity index (χ2n) is 8.24. The number of rotatable bonds is 4. The summed E-state index contributed by atoms with van der Waals surface area (Å²) in [7, 11) is 0. The van der Waals surface area contributed by atoms with Gasteiger partial charge in [0.15, 0.2) is 5.82 Å². The van der Waals surface area contributed by atoms with E-state index in [1.54, 1.807) is 0 Å². The Morgan fingerprint density at radius 3 is 2.19 bits per heavy atom. The maximum absolute atomic E-state index is 5.89. The molecular weight excluding hydrogens is 262 g/mol. The highest BCUT2D eigenvalue weighted by molar-refractivity contribution is 5.17. The van der Waals surface area contributed by atoms with E-state index >= 15 is 0 Å². The Morgan fingerprint density at radius 1 is 1.14 bits per heavy atom. The van der Waals surface area contributed by atoms with Gasteiger partial charge in [0.05, 0.1) is 5.92 Å². The van der Waals surface area contributed by atoms with Crippen LogP contribution in [0.3, 0.4) is 0 Å². The third-order valence-corrected chi connectivity index (χ3v) is 6.33. The van der Waals surface area contributed by atoms with E-state index in [1.165, 1.54) is 38.5 Å². The molecule has 0 amide bonds. The molecule has 116 valence electrons. The number of nitrogens with two attached hydrogens (primary N) is 1. The lowest BCUT2D eigenvalue weighted by Gasteiger charge is -2.55. The largest absolute Gasteiger partial charge is 0.339 e. The fraction of sp³-hybridized carbons (Fsp3) is 0.882. The van der Waals surface area contributed by atoms with Crippen LogP contribution >= 0.6 is 0 Å². The summed E-state index contributed by atoms with van der Waals surface area (Å²) in [6, 6.07) is 0. The van der Waals surface area contributed by atoms with Gasteiger partial charge in [0, 0.05) is 12.0 Å². The smallest absolute Gasteiger partial charge is 0.231 e. The molecule has 4 nitrogen and oxygen atoms in total. The molecule has 4 saturated carbocycles. The van der Waals surface area contributed by atoms with Crippen LogP contribution in [0.4, 0.5) is 0 Å². The van der Waals surface area contributed by atoms with Crippen LogP contribution in [0.1, 0.15) is 70.0 Å². The second kappa shape index (κ2) is 4.80. The third kappa shape index (κ3) is 2.14. The van der Waals surface area contributed by atoms with Crippen LogP contribution in [0.25, 0.3) is 0 Å². The fourth-order valence-electron chi connectivity index (χ4n) is 5.64. The predicted octanol–water partition coefficient (Wildman–Crippen LogP) is 3.24. The van der Waals surface area contributed by atoms with Gasteiger partial charge < -0.3 is 10.3 Å². The Morgan fingerprint density at radius 2 is 1.71 bits per heavy atom. The van der Waals surface area contributed by atoms with Crippen molar-refractivity contribution in [1.82, 2.24) is 10.1 Å². The van der Waals surface area contributed by atoms with Crippen molar-refractivity contribution in [3.8, 4) is 0 Å². The van der Waals surface area contributed by atoms with Crippen LogP contribution in [0.2, 0.25) is 0 Å². The number of hydrogen-bond acceptors (Lipinski definition) is 4. The molecule has 2 N–H and O–H groups in total. The van der Waals surface area contributed by atoms with Gasteiger partial charge >= 0.3 is 0 Å². The van der Waals surface area contributed by atoms with Crippen LogP contribution in [0, 0.1) is 23.7 Å². The minimum absolute atomic E-state index is 0.195. The highest BCUT2D eigenvalue weighted by atomic mass is 16.5. The second-order valence-corrected chi connectivity index (χ2v) is 8.24. The highest BCUT2D eigenvalue weighted by Gasteiger charge is 2.53. The normalized spacial score (nSPS) is 39.1. The van der Waals surface area contributed by atoms with Crippen molar-refractivity contribution in [2.45, 2.75) is 63.7 Å². The molecule has 4 fully saturated rings. The van der Waals surface area contributed by atoms with Gasteiger partial charge in [0.2, 0.25) is 5.89 Å². The Labute approximate surface area is 126 Å².